The van der Waals surface area contributed by atoms with Crippen LogP contribution in [0.15, 0.2) is 46.6 Å². The van der Waals surface area contributed by atoms with Gasteiger partial charge in [0.25, 0.3) is 0 Å². The Labute approximate surface area is 167 Å². The van der Waals surface area contributed by atoms with Crippen LogP contribution in [0, 0.1) is 6.92 Å². The van der Waals surface area contributed by atoms with Crippen LogP contribution in [0.4, 0.5) is 0 Å². The Morgan fingerprint density at radius 2 is 2.11 bits per heavy atom. The molecular weight excluding hydrogens is 360 g/mol. The first-order valence-electron chi connectivity index (χ1n) is 9.32. The second-order valence-corrected chi connectivity index (χ2v) is 8.44. The number of hydrogen-bond donors (Lipinski definition) is 2. The molecule has 146 valence electrons. The number of nitrogens with zero attached hydrogens (tertiary/aromatic N) is 1. The highest BCUT2D eigenvalue weighted by Gasteiger charge is 2.22. The summed E-state index contributed by atoms with van der Waals surface area (Å²) in [4.78, 5) is 17.0. The Morgan fingerprint density at radius 1 is 1.37 bits per heavy atom. The average Bonchev–Trinajstić information content (AvgIpc) is 2.79. The number of nitrogens with one attached hydrogen (secondary N) is 1. The van der Waals surface area contributed by atoms with E-state index in [4.69, 9.17) is 11.6 Å². The maximum absolute atomic E-state index is 12.6. The van der Waals surface area contributed by atoms with Gasteiger partial charge in [-0.3, -0.25) is 9.79 Å². The molecule has 0 fully saturated rings. The number of aryl methyl sites for hydroxylation is 2. The number of aliphatic hydroxyl groups excluding tert-OH is 1. The fourth-order valence-electron chi connectivity index (χ4n) is 2.93. The molecule has 0 bridgehead atoms. The highest BCUT2D eigenvalue weighted by Crippen LogP contribution is 2.24. The zero-order chi connectivity index (χ0) is 20.0. The quantitative estimate of drug-likeness (QED) is 0.751. The van der Waals surface area contributed by atoms with Crippen molar-refractivity contribution in [2.24, 2.45) is 4.99 Å². The molecule has 5 heteroatoms. The fourth-order valence-corrected chi connectivity index (χ4v) is 3.15. The van der Waals surface area contributed by atoms with Crippen molar-refractivity contribution in [2.45, 2.75) is 65.0 Å². The highest BCUT2D eigenvalue weighted by atomic mass is 35.5. The fraction of sp³-hybridized carbons (Fsp3) is 0.455. The number of halogens is 1. The highest BCUT2D eigenvalue weighted by molar-refractivity contribution is 6.31. The zero-order valence-corrected chi connectivity index (χ0v) is 17.3. The molecule has 0 saturated heterocycles. The Morgan fingerprint density at radius 3 is 2.81 bits per heavy atom. The van der Waals surface area contributed by atoms with Crippen LogP contribution in [0.3, 0.4) is 0 Å². The van der Waals surface area contributed by atoms with E-state index in [0.29, 0.717) is 42.0 Å². The summed E-state index contributed by atoms with van der Waals surface area (Å²) in [5.41, 5.74) is 3.11. The van der Waals surface area contributed by atoms with E-state index < -0.39 is 6.10 Å². The van der Waals surface area contributed by atoms with E-state index in [9.17, 15) is 9.90 Å². The minimum absolute atomic E-state index is 0.130. The number of carbonyl (C=O) groups excluding carboxylic acids is 1. The number of rotatable bonds is 6. The third-order valence-corrected chi connectivity index (χ3v) is 4.63. The molecule has 1 aliphatic heterocycles. The van der Waals surface area contributed by atoms with Crippen molar-refractivity contribution in [3.63, 3.8) is 0 Å². The number of hydrogen-bond acceptors (Lipinski definition) is 3. The molecule has 2 N–H and O–H groups in total. The topological polar surface area (TPSA) is 61.7 Å². The lowest BCUT2D eigenvalue weighted by molar-refractivity contribution is -0.119. The lowest BCUT2D eigenvalue weighted by Gasteiger charge is -2.22. The van der Waals surface area contributed by atoms with E-state index >= 15 is 0 Å². The van der Waals surface area contributed by atoms with E-state index in [0.717, 1.165) is 11.1 Å². The predicted octanol–water partition coefficient (Wildman–Crippen LogP) is 4.53. The van der Waals surface area contributed by atoms with Crippen molar-refractivity contribution in [2.75, 3.05) is 0 Å². The summed E-state index contributed by atoms with van der Waals surface area (Å²) in [5, 5.41) is 14.2. The molecule has 2 rings (SSSR count). The number of benzene rings is 1. The van der Waals surface area contributed by atoms with E-state index in [1.165, 1.54) is 0 Å². The van der Waals surface area contributed by atoms with Crippen molar-refractivity contribution < 1.29 is 9.90 Å². The molecule has 0 spiro atoms. The molecule has 27 heavy (non-hydrogen) atoms. The normalized spacial score (nSPS) is 15.6. The van der Waals surface area contributed by atoms with Gasteiger partial charge < -0.3 is 10.4 Å². The van der Waals surface area contributed by atoms with Gasteiger partial charge in [-0.05, 0) is 64.7 Å². The second-order valence-electron chi connectivity index (χ2n) is 8.03. The smallest absolute Gasteiger partial charge is 0.249 e. The standard InChI is InChI=1S/C22H29ClN2O2/c1-15-8-11-19(23)16(13-15)9-10-17(26)14-20-18(7-5-6-12-24-20)21(27)25-22(2,3)4/h5-6,8,11-13,17,26H,7,9-10,14H2,1-4H3,(H,25,27). The Hall–Kier alpha value is -1.91. The first-order chi connectivity index (χ1) is 12.7. The first-order valence-corrected chi connectivity index (χ1v) is 9.70. The van der Waals surface area contributed by atoms with Crippen molar-refractivity contribution in [3.8, 4) is 0 Å². The van der Waals surface area contributed by atoms with Crippen LogP contribution in [0.5, 0.6) is 0 Å². The van der Waals surface area contributed by atoms with Gasteiger partial charge in [0.2, 0.25) is 5.91 Å². The summed E-state index contributed by atoms with van der Waals surface area (Å²) in [6.45, 7) is 7.86. The Kier molecular flexibility index (Phi) is 7.40. The van der Waals surface area contributed by atoms with Crippen LogP contribution in [-0.2, 0) is 11.2 Å². The van der Waals surface area contributed by atoms with Gasteiger partial charge in [-0.2, -0.15) is 0 Å². The van der Waals surface area contributed by atoms with Crippen molar-refractivity contribution in [3.05, 3.63) is 57.8 Å². The molecule has 1 unspecified atom stereocenters. The van der Waals surface area contributed by atoms with Crippen LogP contribution < -0.4 is 5.32 Å². The van der Waals surface area contributed by atoms with Gasteiger partial charge in [0.1, 0.15) is 0 Å². The number of allylic oxidation sites excluding steroid dienone is 2. The monoisotopic (exact) mass is 388 g/mol. The van der Waals surface area contributed by atoms with Crippen molar-refractivity contribution >= 4 is 23.7 Å². The van der Waals surface area contributed by atoms with Crippen LogP contribution in [-0.4, -0.2) is 28.9 Å². The number of carbonyl (C=O) groups is 1. The molecule has 0 radical (unpaired) electrons. The average molecular weight is 389 g/mol. The maximum atomic E-state index is 12.6. The summed E-state index contributed by atoms with van der Waals surface area (Å²) in [6.07, 6.45) is 6.91. The molecule has 1 atom stereocenters. The third-order valence-electron chi connectivity index (χ3n) is 4.26. The summed E-state index contributed by atoms with van der Waals surface area (Å²) in [6, 6.07) is 5.90. The Bertz CT molecular complexity index is 773. The first kappa shape index (κ1) is 21.4. The van der Waals surface area contributed by atoms with E-state index in [1.54, 1.807) is 6.21 Å². The van der Waals surface area contributed by atoms with Crippen molar-refractivity contribution in [1.29, 1.82) is 0 Å². The van der Waals surface area contributed by atoms with Crippen LogP contribution >= 0.6 is 11.6 Å². The molecule has 4 nitrogen and oxygen atoms in total. The van der Waals surface area contributed by atoms with Gasteiger partial charge in [0, 0.05) is 28.8 Å². The lowest BCUT2D eigenvalue weighted by Crippen LogP contribution is -2.41. The molecule has 0 saturated carbocycles. The van der Waals surface area contributed by atoms with Crippen LogP contribution in [0.25, 0.3) is 0 Å². The van der Waals surface area contributed by atoms with E-state index in [1.807, 2.05) is 58.0 Å². The molecule has 0 aliphatic carbocycles. The number of aliphatic imine (C=N–C) groups is 1. The van der Waals surface area contributed by atoms with Crippen LogP contribution in [0.1, 0.15) is 51.2 Å². The van der Waals surface area contributed by atoms with Crippen LogP contribution in [0.2, 0.25) is 5.02 Å². The van der Waals surface area contributed by atoms with Gasteiger partial charge in [0.15, 0.2) is 0 Å². The molecule has 1 aromatic carbocycles. The number of amides is 1. The summed E-state index contributed by atoms with van der Waals surface area (Å²) < 4.78 is 0. The number of aliphatic hydroxyl groups is 1. The molecular formula is C22H29ClN2O2. The Balaban J connectivity index is 2.08. The minimum atomic E-state index is -0.593. The molecule has 0 aromatic heterocycles. The largest absolute Gasteiger partial charge is 0.393 e. The minimum Gasteiger partial charge on any atom is -0.393 e. The summed E-state index contributed by atoms with van der Waals surface area (Å²) in [5.74, 6) is -0.130. The molecule has 1 aliphatic rings. The summed E-state index contributed by atoms with van der Waals surface area (Å²) in [7, 11) is 0. The lowest BCUT2D eigenvalue weighted by atomic mass is 9.99. The van der Waals surface area contributed by atoms with Gasteiger partial charge in [-0.25, -0.2) is 0 Å². The zero-order valence-electron chi connectivity index (χ0n) is 16.6. The van der Waals surface area contributed by atoms with Crippen molar-refractivity contribution in [1.82, 2.24) is 5.32 Å². The molecule has 1 aromatic rings. The third kappa shape index (κ3) is 6.96. The van der Waals surface area contributed by atoms with Gasteiger partial charge in [0.05, 0.1) is 11.8 Å². The van der Waals surface area contributed by atoms with Gasteiger partial charge in [-0.1, -0.05) is 35.4 Å². The van der Waals surface area contributed by atoms with Gasteiger partial charge in [-0.15, -0.1) is 0 Å². The molecule has 1 amide bonds. The van der Waals surface area contributed by atoms with Gasteiger partial charge >= 0.3 is 0 Å². The maximum Gasteiger partial charge on any atom is 0.249 e. The summed E-state index contributed by atoms with van der Waals surface area (Å²) >= 11 is 6.24. The predicted molar refractivity (Wildman–Crippen MR) is 112 cm³/mol. The second kappa shape index (κ2) is 9.34. The van der Waals surface area contributed by atoms with E-state index in [2.05, 4.69) is 10.3 Å². The molecule has 1 heterocycles. The van der Waals surface area contributed by atoms with E-state index in [-0.39, 0.29) is 11.4 Å². The SMILES string of the molecule is Cc1ccc(Cl)c(CCC(O)CC2=C(C(=O)NC(C)(C)C)CC=CC=N2)c1.